The first kappa shape index (κ1) is 29.7. The van der Waals surface area contributed by atoms with E-state index in [9.17, 15) is 10.2 Å². The van der Waals surface area contributed by atoms with E-state index in [2.05, 4.69) is 40.1 Å². The van der Waals surface area contributed by atoms with Gasteiger partial charge in [-0.05, 0) is 60.7 Å². The van der Waals surface area contributed by atoms with Gasteiger partial charge >= 0.3 is 0 Å². The van der Waals surface area contributed by atoms with Gasteiger partial charge in [-0.15, -0.1) is 10.2 Å². The molecule has 5 heterocycles. The van der Waals surface area contributed by atoms with Gasteiger partial charge in [-0.3, -0.25) is 19.9 Å². The first-order valence-electron chi connectivity index (χ1n) is 14.4. The largest absolute Gasteiger partial charge is 0.508 e. The van der Waals surface area contributed by atoms with Gasteiger partial charge < -0.3 is 20.0 Å². The van der Waals surface area contributed by atoms with Crippen molar-refractivity contribution in [3.05, 3.63) is 139 Å². The van der Waals surface area contributed by atoms with Crippen LogP contribution in [0.1, 0.15) is 22.8 Å². The Morgan fingerprint density at radius 2 is 0.935 bits per heavy atom. The number of hydrogen-bond donors (Lipinski definition) is 2. The van der Waals surface area contributed by atoms with Crippen LogP contribution in [0, 0.1) is 0 Å². The molecule has 13 heteroatoms. The summed E-state index contributed by atoms with van der Waals surface area (Å²) in [4.78, 5) is 36.3. The molecule has 2 N–H and O–H groups in total. The Kier molecular flexibility index (Phi) is 9.30. The summed E-state index contributed by atoms with van der Waals surface area (Å²) in [5.74, 6) is 0.304. The monoisotopic (exact) mass is 611 g/mol. The highest BCUT2D eigenvalue weighted by molar-refractivity contribution is 5.54. The second kappa shape index (κ2) is 14.4. The molecule has 0 bridgehead atoms. The van der Waals surface area contributed by atoms with Gasteiger partial charge in [0, 0.05) is 30.9 Å². The van der Waals surface area contributed by atoms with Gasteiger partial charge in [0.15, 0.2) is 0 Å². The fourth-order valence-electron chi connectivity index (χ4n) is 4.51. The van der Waals surface area contributed by atoms with Crippen LogP contribution in [-0.2, 0) is 26.2 Å². The van der Waals surface area contributed by atoms with Crippen LogP contribution in [0.4, 0.5) is 23.5 Å². The molecule has 0 spiro atoms. The number of phenols is 2. The molecule has 0 unspecified atom stereocenters. The highest BCUT2D eigenvalue weighted by Gasteiger charge is 2.21. The van der Waals surface area contributed by atoms with Crippen LogP contribution in [0.3, 0.4) is 0 Å². The average Bonchev–Trinajstić information content (AvgIpc) is 3.09. The van der Waals surface area contributed by atoms with Crippen molar-refractivity contribution in [3.63, 3.8) is 0 Å². The average molecular weight is 612 g/mol. The second-order valence-corrected chi connectivity index (χ2v) is 10.1. The number of rotatable bonds is 12. The third-order valence-corrected chi connectivity index (χ3v) is 6.69. The number of azo groups is 1. The zero-order valence-corrected chi connectivity index (χ0v) is 24.6. The Hall–Kier alpha value is -6.37. The lowest BCUT2D eigenvalue weighted by Crippen LogP contribution is -2.29. The summed E-state index contributed by atoms with van der Waals surface area (Å²) >= 11 is 0. The first-order chi connectivity index (χ1) is 22.6. The molecule has 228 valence electrons. The summed E-state index contributed by atoms with van der Waals surface area (Å²) < 4.78 is 0. The van der Waals surface area contributed by atoms with Crippen molar-refractivity contribution < 1.29 is 10.2 Å². The summed E-state index contributed by atoms with van der Waals surface area (Å²) in [6.45, 7) is 1.49. The third kappa shape index (κ3) is 7.96. The zero-order valence-electron chi connectivity index (χ0n) is 24.6. The lowest BCUT2D eigenvalue weighted by atomic mass is 10.3. The molecule has 0 fully saturated rings. The fourth-order valence-corrected chi connectivity index (χ4v) is 4.51. The molecule has 5 aromatic heterocycles. The maximum atomic E-state index is 10.3. The molecule has 0 atom stereocenters. The highest BCUT2D eigenvalue weighted by Crippen LogP contribution is 2.31. The molecule has 0 amide bonds. The minimum Gasteiger partial charge on any atom is -0.508 e. The number of nitrogens with zero attached hydrogens (tertiary/aromatic N) is 11. The van der Waals surface area contributed by atoms with E-state index in [-0.39, 0.29) is 23.1 Å². The topological polar surface area (TPSA) is 162 Å². The molecule has 0 saturated heterocycles. The van der Waals surface area contributed by atoms with Gasteiger partial charge in [0.1, 0.15) is 17.2 Å². The van der Waals surface area contributed by atoms with Crippen molar-refractivity contribution in [2.45, 2.75) is 26.2 Å². The molecule has 0 aliphatic rings. The van der Waals surface area contributed by atoms with Crippen LogP contribution in [0.2, 0.25) is 0 Å². The van der Waals surface area contributed by atoms with Gasteiger partial charge in [0.2, 0.25) is 11.9 Å². The van der Waals surface area contributed by atoms with Gasteiger partial charge in [0.05, 0.1) is 49.0 Å². The van der Waals surface area contributed by atoms with E-state index in [0.29, 0.717) is 38.1 Å². The van der Waals surface area contributed by atoms with E-state index in [1.165, 1.54) is 18.2 Å². The van der Waals surface area contributed by atoms with Crippen molar-refractivity contribution in [2.75, 3.05) is 9.80 Å². The van der Waals surface area contributed by atoms with Crippen LogP contribution < -0.4 is 9.80 Å². The van der Waals surface area contributed by atoms with Crippen molar-refractivity contribution >= 4 is 23.5 Å². The number of anilines is 2. The molecule has 1 aromatic carbocycles. The predicted octanol–water partition coefficient (Wildman–Crippen LogP) is 5.69. The third-order valence-electron chi connectivity index (χ3n) is 6.69. The summed E-state index contributed by atoms with van der Waals surface area (Å²) in [6, 6.07) is 26.9. The molecule has 6 rings (SSSR count). The lowest BCUT2D eigenvalue weighted by Gasteiger charge is -2.26. The summed E-state index contributed by atoms with van der Waals surface area (Å²) in [5.41, 5.74) is 3.35. The van der Waals surface area contributed by atoms with Gasteiger partial charge in [-0.2, -0.15) is 15.0 Å². The number of hydrogen-bond acceptors (Lipinski definition) is 13. The van der Waals surface area contributed by atoms with Crippen LogP contribution >= 0.6 is 0 Å². The Labute approximate surface area is 264 Å². The maximum absolute atomic E-state index is 10.3. The highest BCUT2D eigenvalue weighted by atomic mass is 16.3. The number of aromatic nitrogens is 7. The lowest BCUT2D eigenvalue weighted by molar-refractivity contribution is 0.451. The molecule has 46 heavy (non-hydrogen) atoms. The van der Waals surface area contributed by atoms with Crippen LogP contribution in [0.15, 0.2) is 126 Å². The number of pyridine rings is 4. The van der Waals surface area contributed by atoms with Crippen molar-refractivity contribution in [2.24, 2.45) is 10.2 Å². The fraction of sp³-hybridized carbons (Fsp3) is 0.121. The van der Waals surface area contributed by atoms with E-state index in [4.69, 9.17) is 4.98 Å². The minimum atomic E-state index is -0.239. The molecular formula is C33H29N11O2. The van der Waals surface area contributed by atoms with E-state index >= 15 is 0 Å². The molecule has 0 radical (unpaired) electrons. The summed E-state index contributed by atoms with van der Waals surface area (Å²) in [7, 11) is 0. The Bertz CT molecular complexity index is 1690. The molecule has 13 nitrogen and oxygen atoms in total. The number of benzene rings is 1. The zero-order chi connectivity index (χ0) is 31.6. The van der Waals surface area contributed by atoms with Gasteiger partial charge in [0.25, 0.3) is 5.95 Å². The van der Waals surface area contributed by atoms with E-state index in [0.717, 1.165) is 22.8 Å². The number of phenolic OH excluding ortho intramolecular Hbond substituents is 2. The van der Waals surface area contributed by atoms with Crippen molar-refractivity contribution in [3.8, 4) is 11.5 Å². The van der Waals surface area contributed by atoms with E-state index in [1.54, 1.807) is 24.8 Å². The van der Waals surface area contributed by atoms with Crippen LogP contribution in [0.25, 0.3) is 0 Å². The first-order valence-corrected chi connectivity index (χ1v) is 14.4. The molecule has 0 aliphatic heterocycles. The second-order valence-electron chi connectivity index (χ2n) is 10.1. The van der Waals surface area contributed by atoms with E-state index in [1.807, 2.05) is 82.6 Å². The number of aromatic hydroxyl groups is 2. The summed E-state index contributed by atoms with van der Waals surface area (Å²) in [5, 5.41) is 28.5. The minimum absolute atomic E-state index is 0.00607. The Morgan fingerprint density at radius 3 is 1.30 bits per heavy atom. The molecule has 6 aromatic rings. The summed E-state index contributed by atoms with van der Waals surface area (Å²) in [6.07, 6.45) is 6.94. The van der Waals surface area contributed by atoms with Crippen molar-refractivity contribution in [1.82, 2.24) is 34.9 Å². The smallest absolute Gasteiger partial charge is 0.275 e. The standard InChI is InChI=1S/C33H29N11O2/c45-28-13-14-29(30(46)19-28)41-42-31-38-32(43(20-24-9-1-5-15-34-24)21-25-10-2-6-16-35-25)40-33(39-31)44(22-26-11-3-7-17-36-26)23-27-12-4-8-18-37-27/h1-19,45-46H,20-23H2/b42-41+. The Balaban J connectivity index is 1.45. The molecule has 0 aliphatic carbocycles. The molecule has 0 saturated carbocycles. The van der Waals surface area contributed by atoms with Crippen LogP contribution in [-0.4, -0.2) is 45.1 Å². The quantitative estimate of drug-likeness (QED) is 0.163. The van der Waals surface area contributed by atoms with Crippen molar-refractivity contribution in [1.29, 1.82) is 0 Å². The van der Waals surface area contributed by atoms with E-state index < -0.39 is 0 Å². The molecular weight excluding hydrogens is 582 g/mol. The van der Waals surface area contributed by atoms with Gasteiger partial charge in [-0.25, -0.2) is 0 Å². The van der Waals surface area contributed by atoms with Gasteiger partial charge in [-0.1, -0.05) is 24.3 Å². The Morgan fingerprint density at radius 1 is 0.500 bits per heavy atom. The SMILES string of the molecule is Oc1ccc(/N=N/c2nc(N(Cc3ccccn3)Cc3ccccn3)nc(N(Cc3ccccn3)Cc3ccccn3)n2)c(O)c1. The normalized spacial score (nSPS) is 11.0. The predicted molar refractivity (Wildman–Crippen MR) is 170 cm³/mol. The maximum Gasteiger partial charge on any atom is 0.275 e. The van der Waals surface area contributed by atoms with Crippen LogP contribution in [0.5, 0.6) is 11.5 Å².